The number of benzene rings is 1. The first-order valence-electron chi connectivity index (χ1n) is 7.83. The number of rotatable bonds is 5. The van der Waals surface area contributed by atoms with Gasteiger partial charge in [-0.2, -0.15) is 0 Å². The molecule has 116 valence electrons. The smallest absolute Gasteiger partial charge is 0.115 e. The molecular weight excluding hydrogens is 312 g/mol. The van der Waals surface area contributed by atoms with Gasteiger partial charge in [-0.25, -0.2) is 0 Å². The van der Waals surface area contributed by atoms with Gasteiger partial charge in [0.2, 0.25) is 0 Å². The zero-order valence-corrected chi connectivity index (χ0v) is 16.4. The van der Waals surface area contributed by atoms with Crippen LogP contribution in [0.25, 0.3) is 0 Å². The van der Waals surface area contributed by atoms with Gasteiger partial charge in [-0.1, -0.05) is 49.9 Å². The van der Waals surface area contributed by atoms with Crippen molar-refractivity contribution < 1.29 is 0 Å². The first kappa shape index (κ1) is 16.9. The van der Waals surface area contributed by atoms with Gasteiger partial charge in [0.15, 0.2) is 0 Å². The summed E-state index contributed by atoms with van der Waals surface area (Å²) >= 11 is 5.90. The van der Waals surface area contributed by atoms with Gasteiger partial charge in [-0.05, 0) is 49.2 Å². The van der Waals surface area contributed by atoms with Crippen LogP contribution >= 0.6 is 11.6 Å². The molecular formula is C16H27ClN2Si2. The van der Waals surface area contributed by atoms with E-state index in [1.807, 2.05) is 24.3 Å². The van der Waals surface area contributed by atoms with Crippen LogP contribution in [-0.4, -0.2) is 33.0 Å². The Hall–Kier alpha value is -0.426. The van der Waals surface area contributed by atoms with Crippen LogP contribution in [0.3, 0.4) is 0 Å². The Balaban J connectivity index is 1.89. The van der Waals surface area contributed by atoms with Crippen molar-refractivity contribution in [3.8, 4) is 0 Å². The average molecular weight is 339 g/mol. The minimum absolute atomic E-state index is 0.740. The molecule has 0 aromatic heterocycles. The van der Waals surface area contributed by atoms with Crippen molar-refractivity contribution in [1.82, 2.24) is 4.23 Å². The molecule has 2 rings (SSSR count). The van der Waals surface area contributed by atoms with Crippen LogP contribution in [0.2, 0.25) is 43.3 Å². The Morgan fingerprint density at radius 1 is 1.10 bits per heavy atom. The van der Waals surface area contributed by atoms with E-state index >= 15 is 0 Å². The van der Waals surface area contributed by atoms with Crippen molar-refractivity contribution in [2.45, 2.75) is 51.1 Å². The lowest BCUT2D eigenvalue weighted by Crippen LogP contribution is -2.55. The van der Waals surface area contributed by atoms with E-state index in [2.05, 4.69) is 30.4 Å². The normalized spacial score (nSPS) is 20.6. The zero-order chi connectivity index (χ0) is 15.7. The minimum Gasteiger partial charge on any atom is -0.345 e. The van der Waals surface area contributed by atoms with Gasteiger partial charge in [0.1, 0.15) is 16.5 Å². The van der Waals surface area contributed by atoms with Crippen molar-refractivity contribution in [2.75, 3.05) is 6.54 Å². The quantitative estimate of drug-likeness (QED) is 0.578. The highest BCUT2D eigenvalue weighted by molar-refractivity contribution is 6.95. The van der Waals surface area contributed by atoms with E-state index in [4.69, 9.17) is 17.0 Å². The summed E-state index contributed by atoms with van der Waals surface area (Å²) in [7, 11) is -2.31. The van der Waals surface area contributed by atoms with Gasteiger partial charge in [0.05, 0.1) is 0 Å². The fourth-order valence-electron chi connectivity index (χ4n) is 3.52. The van der Waals surface area contributed by atoms with E-state index < -0.39 is 16.5 Å². The lowest BCUT2D eigenvalue weighted by molar-refractivity contribution is 0.599. The Kier molecular flexibility index (Phi) is 5.13. The standard InChI is InChI=1S/C16H27ClN2Si2/c1-20(2)12-13-21(3,4)19(20)11-5-6-16(18)14-7-9-15(17)10-8-14/h7-10,18H,5-6,11-13H2,1-4H3. The molecule has 1 aliphatic rings. The van der Waals surface area contributed by atoms with Crippen LogP contribution in [0.4, 0.5) is 0 Å². The summed E-state index contributed by atoms with van der Waals surface area (Å²) in [6.45, 7) is 11.2. The molecule has 1 saturated heterocycles. The maximum Gasteiger partial charge on any atom is 0.115 e. The molecule has 0 radical (unpaired) electrons. The number of nitrogens with one attached hydrogen (secondary N) is 1. The summed E-state index contributed by atoms with van der Waals surface area (Å²) in [4.78, 5) is 0. The summed E-state index contributed by atoms with van der Waals surface area (Å²) in [6.07, 6.45) is 1.97. The van der Waals surface area contributed by atoms with Gasteiger partial charge < -0.3 is 9.64 Å². The maximum absolute atomic E-state index is 8.23. The molecule has 0 amide bonds. The number of halogens is 1. The summed E-state index contributed by atoms with van der Waals surface area (Å²) in [6, 6.07) is 10.6. The van der Waals surface area contributed by atoms with E-state index in [-0.39, 0.29) is 0 Å². The van der Waals surface area contributed by atoms with Crippen molar-refractivity contribution in [3.63, 3.8) is 0 Å². The molecule has 1 fully saturated rings. The van der Waals surface area contributed by atoms with E-state index in [1.165, 1.54) is 18.6 Å². The predicted octanol–water partition coefficient (Wildman–Crippen LogP) is 5.21. The van der Waals surface area contributed by atoms with Gasteiger partial charge in [-0.3, -0.25) is 0 Å². The maximum atomic E-state index is 8.23. The summed E-state index contributed by atoms with van der Waals surface area (Å²) in [5.74, 6) is 0. The van der Waals surface area contributed by atoms with Crippen molar-refractivity contribution in [2.24, 2.45) is 0 Å². The number of hydrogen-bond donors (Lipinski definition) is 1. The highest BCUT2D eigenvalue weighted by Gasteiger charge is 2.46. The molecule has 0 bridgehead atoms. The van der Waals surface area contributed by atoms with Crippen LogP contribution < -0.4 is 0 Å². The third-order valence-corrected chi connectivity index (χ3v) is 15.5. The number of hydrogen-bond acceptors (Lipinski definition) is 2. The monoisotopic (exact) mass is 338 g/mol. The molecule has 0 saturated carbocycles. The van der Waals surface area contributed by atoms with Crippen LogP contribution in [0.1, 0.15) is 18.4 Å². The average Bonchev–Trinajstić information content (AvgIpc) is 2.61. The topological polar surface area (TPSA) is 27.1 Å². The zero-order valence-electron chi connectivity index (χ0n) is 13.7. The third kappa shape index (κ3) is 4.06. The van der Waals surface area contributed by atoms with Crippen molar-refractivity contribution >= 4 is 33.8 Å². The van der Waals surface area contributed by atoms with Gasteiger partial charge >= 0.3 is 0 Å². The van der Waals surface area contributed by atoms with Crippen LogP contribution in [-0.2, 0) is 0 Å². The third-order valence-electron chi connectivity index (χ3n) is 4.81. The lowest BCUT2D eigenvalue weighted by atomic mass is 10.1. The van der Waals surface area contributed by atoms with E-state index in [1.54, 1.807) is 0 Å². The molecule has 0 unspecified atom stereocenters. The fourth-order valence-corrected chi connectivity index (χ4v) is 17.8. The Morgan fingerprint density at radius 2 is 1.62 bits per heavy atom. The van der Waals surface area contributed by atoms with E-state index in [9.17, 15) is 0 Å². The van der Waals surface area contributed by atoms with Gasteiger partial charge in [0, 0.05) is 10.7 Å². The first-order chi connectivity index (χ1) is 9.72. The molecule has 0 atom stereocenters. The van der Waals surface area contributed by atoms with Crippen LogP contribution in [0, 0.1) is 5.41 Å². The van der Waals surface area contributed by atoms with E-state index in [0.717, 1.165) is 29.1 Å². The predicted molar refractivity (Wildman–Crippen MR) is 98.8 cm³/mol. The summed E-state index contributed by atoms with van der Waals surface area (Å²) in [5.41, 5.74) is 1.75. The van der Waals surface area contributed by atoms with Crippen molar-refractivity contribution in [1.29, 1.82) is 5.41 Å². The molecule has 1 aromatic rings. The second-order valence-electron chi connectivity index (χ2n) is 7.37. The molecule has 1 aromatic carbocycles. The second kappa shape index (κ2) is 6.36. The molecule has 0 aliphatic carbocycles. The molecule has 1 N–H and O–H groups in total. The SMILES string of the molecule is C[Si]1(C)CC[Si](C)(C)N1CCCC(=N)c1ccc(Cl)cc1. The molecule has 5 heteroatoms. The molecule has 1 aliphatic heterocycles. The minimum atomic E-state index is -1.16. The summed E-state index contributed by atoms with van der Waals surface area (Å²) in [5, 5.41) is 8.97. The first-order valence-corrected chi connectivity index (χ1v) is 14.5. The number of nitrogens with zero attached hydrogens (tertiary/aromatic N) is 1. The van der Waals surface area contributed by atoms with Crippen LogP contribution in [0.15, 0.2) is 24.3 Å². The van der Waals surface area contributed by atoms with E-state index in [0.29, 0.717) is 0 Å². The Labute approximate surface area is 136 Å². The van der Waals surface area contributed by atoms with Gasteiger partial charge in [0.25, 0.3) is 0 Å². The molecule has 2 nitrogen and oxygen atoms in total. The largest absolute Gasteiger partial charge is 0.345 e. The summed E-state index contributed by atoms with van der Waals surface area (Å²) < 4.78 is 2.90. The molecule has 1 heterocycles. The van der Waals surface area contributed by atoms with Crippen LogP contribution in [0.5, 0.6) is 0 Å². The lowest BCUT2D eigenvalue weighted by Gasteiger charge is -2.39. The fraction of sp³-hybridized carbons (Fsp3) is 0.562. The second-order valence-corrected chi connectivity index (χ2v) is 17.6. The Bertz CT molecular complexity index is 496. The molecule has 21 heavy (non-hydrogen) atoms. The highest BCUT2D eigenvalue weighted by atomic mass is 35.5. The Morgan fingerprint density at radius 3 is 2.14 bits per heavy atom. The molecule has 0 spiro atoms. The van der Waals surface area contributed by atoms with Crippen molar-refractivity contribution in [3.05, 3.63) is 34.9 Å². The highest BCUT2D eigenvalue weighted by Crippen LogP contribution is 2.36. The van der Waals surface area contributed by atoms with Gasteiger partial charge in [-0.15, -0.1) is 0 Å².